The number of rotatable bonds is 7. The summed E-state index contributed by atoms with van der Waals surface area (Å²) in [4.78, 5) is 32.9. The minimum atomic E-state index is -5.08. The van der Waals surface area contributed by atoms with E-state index in [0.717, 1.165) is 24.0 Å². The molecule has 1 aliphatic rings. The van der Waals surface area contributed by atoms with Crippen LogP contribution in [0.3, 0.4) is 0 Å². The second-order valence-electron chi connectivity index (χ2n) is 8.88. The second-order valence-corrected chi connectivity index (χ2v) is 10.5. The normalized spacial score (nSPS) is 14.2. The summed E-state index contributed by atoms with van der Waals surface area (Å²) in [5, 5.41) is 12.6. The highest BCUT2D eigenvalue weighted by Gasteiger charge is 2.51. The van der Waals surface area contributed by atoms with Gasteiger partial charge in [-0.25, -0.2) is 13.2 Å². The number of nitrogens with one attached hydrogen (secondary N) is 3. The molecule has 13 heteroatoms. The maximum absolute atomic E-state index is 13.0. The fraction of sp³-hybridized carbons (Fsp3) is 0.375. The van der Waals surface area contributed by atoms with Gasteiger partial charge in [0.25, 0.3) is 10.0 Å². The molecule has 37 heavy (non-hydrogen) atoms. The number of anilines is 2. The van der Waals surface area contributed by atoms with Gasteiger partial charge in [0.2, 0.25) is 11.8 Å². The molecule has 2 aromatic rings. The van der Waals surface area contributed by atoms with Crippen molar-refractivity contribution >= 4 is 39.2 Å². The number of halogens is 3. The summed E-state index contributed by atoms with van der Waals surface area (Å²) < 4.78 is 60.2. The van der Waals surface area contributed by atoms with E-state index >= 15 is 0 Å². The predicted molar refractivity (Wildman–Crippen MR) is 131 cm³/mol. The van der Waals surface area contributed by atoms with E-state index in [1.807, 2.05) is 13.8 Å². The molecule has 4 N–H and O–H groups in total. The molecule has 3 rings (SSSR count). The Labute approximate surface area is 212 Å². The zero-order valence-electron chi connectivity index (χ0n) is 20.6. The summed E-state index contributed by atoms with van der Waals surface area (Å²) in [5.41, 5.74) is 1.72. The van der Waals surface area contributed by atoms with Gasteiger partial charge in [-0.3, -0.25) is 14.3 Å². The van der Waals surface area contributed by atoms with Gasteiger partial charge in [0.1, 0.15) is 4.90 Å². The van der Waals surface area contributed by atoms with Gasteiger partial charge < -0.3 is 15.7 Å². The van der Waals surface area contributed by atoms with Crippen LogP contribution in [0.15, 0.2) is 47.4 Å². The first-order valence-electron chi connectivity index (χ1n) is 11.1. The highest BCUT2D eigenvalue weighted by molar-refractivity contribution is 7.92. The lowest BCUT2D eigenvalue weighted by atomic mass is 9.94. The number of carboxylic acids is 1. The third-order valence-electron chi connectivity index (χ3n) is 5.27. The third-order valence-corrected chi connectivity index (χ3v) is 6.70. The van der Waals surface area contributed by atoms with Gasteiger partial charge in [0, 0.05) is 18.7 Å². The van der Waals surface area contributed by atoms with Crippen molar-refractivity contribution in [3.05, 3.63) is 53.6 Å². The Kier molecular flexibility index (Phi) is 8.96. The van der Waals surface area contributed by atoms with E-state index in [1.165, 1.54) is 13.0 Å². The van der Waals surface area contributed by atoms with E-state index in [4.69, 9.17) is 9.90 Å². The summed E-state index contributed by atoms with van der Waals surface area (Å²) in [7, 11) is -3.92. The van der Waals surface area contributed by atoms with Gasteiger partial charge in [-0.05, 0) is 69.0 Å². The van der Waals surface area contributed by atoms with Gasteiger partial charge in [0.15, 0.2) is 0 Å². The summed E-state index contributed by atoms with van der Waals surface area (Å²) in [6, 6.07) is 11.8. The molecule has 0 radical (unpaired) electrons. The second kappa shape index (κ2) is 11.2. The Balaban J connectivity index is 0.000000604. The van der Waals surface area contributed by atoms with Crippen molar-refractivity contribution < 1.29 is 41.1 Å². The van der Waals surface area contributed by atoms with Crippen molar-refractivity contribution in [2.75, 3.05) is 10.0 Å². The van der Waals surface area contributed by atoms with Crippen LogP contribution >= 0.6 is 0 Å². The minimum Gasteiger partial charge on any atom is -0.475 e. The van der Waals surface area contributed by atoms with Gasteiger partial charge >= 0.3 is 12.1 Å². The fourth-order valence-corrected chi connectivity index (χ4v) is 4.69. The third kappa shape index (κ3) is 7.94. The maximum atomic E-state index is 13.0. The van der Waals surface area contributed by atoms with Gasteiger partial charge in [-0.2, -0.15) is 13.2 Å². The van der Waals surface area contributed by atoms with Crippen LogP contribution < -0.4 is 15.4 Å². The molecule has 1 saturated carbocycles. The van der Waals surface area contributed by atoms with Crippen LogP contribution in [0, 0.1) is 6.92 Å². The number of carbonyl (C=O) groups excluding carboxylic acids is 2. The Morgan fingerprint density at radius 3 is 2.00 bits per heavy atom. The van der Waals surface area contributed by atoms with Gasteiger partial charge in [0.05, 0.1) is 11.1 Å². The van der Waals surface area contributed by atoms with E-state index in [0.29, 0.717) is 5.69 Å². The molecular weight excluding hydrogens is 515 g/mol. The highest BCUT2D eigenvalue weighted by atomic mass is 32.2. The lowest BCUT2D eigenvalue weighted by Crippen LogP contribution is -2.38. The van der Waals surface area contributed by atoms with Crippen LogP contribution in [0.2, 0.25) is 0 Å². The molecule has 2 aromatic carbocycles. The number of aliphatic carboxylic acids is 1. The lowest BCUT2D eigenvalue weighted by Gasteiger charge is -2.18. The predicted octanol–water partition coefficient (Wildman–Crippen LogP) is 3.94. The first-order chi connectivity index (χ1) is 17.0. The standard InChI is InChI=1S/C22H27N3O4S.C2HF3O2/c1-14(2)23-21(27)22(11-12-22)17-6-8-18(9-7-17)25-30(28,29)20-13-15(3)5-10-19(20)24-16(4)26;3-2(4,5)1(6)7/h5-10,13-14,25H,11-12H2,1-4H3,(H,23,27)(H,24,26);(H,6,7). The van der Waals surface area contributed by atoms with Crippen LogP contribution in [0.5, 0.6) is 0 Å². The van der Waals surface area contributed by atoms with Crippen molar-refractivity contribution in [1.82, 2.24) is 5.32 Å². The molecule has 0 saturated heterocycles. The smallest absolute Gasteiger partial charge is 0.475 e. The molecule has 0 spiro atoms. The zero-order chi connectivity index (χ0) is 28.2. The van der Waals surface area contributed by atoms with E-state index < -0.39 is 27.6 Å². The molecule has 0 heterocycles. The van der Waals surface area contributed by atoms with Crippen LogP contribution in [-0.2, 0) is 29.8 Å². The number of carboxylic acid groups (broad SMARTS) is 1. The molecule has 1 aliphatic carbocycles. The van der Waals surface area contributed by atoms with E-state index in [1.54, 1.807) is 43.3 Å². The first-order valence-corrected chi connectivity index (χ1v) is 12.6. The van der Waals surface area contributed by atoms with Crippen molar-refractivity contribution in [3.8, 4) is 0 Å². The largest absolute Gasteiger partial charge is 0.490 e. The van der Waals surface area contributed by atoms with Crippen LogP contribution in [0.25, 0.3) is 0 Å². The first kappa shape index (κ1) is 29.6. The monoisotopic (exact) mass is 543 g/mol. The number of alkyl halides is 3. The molecule has 0 aliphatic heterocycles. The number of hydrogen-bond donors (Lipinski definition) is 4. The van der Waals surface area contributed by atoms with Gasteiger partial charge in [-0.1, -0.05) is 18.2 Å². The number of amides is 2. The Morgan fingerprint density at radius 1 is 1.03 bits per heavy atom. The molecular formula is C24H28F3N3O6S. The summed E-state index contributed by atoms with van der Waals surface area (Å²) in [5.74, 6) is -3.10. The summed E-state index contributed by atoms with van der Waals surface area (Å²) in [6.07, 6.45) is -3.53. The molecule has 2 amide bonds. The summed E-state index contributed by atoms with van der Waals surface area (Å²) >= 11 is 0. The van der Waals surface area contributed by atoms with Crippen LogP contribution in [0.1, 0.15) is 44.7 Å². The molecule has 9 nitrogen and oxygen atoms in total. The van der Waals surface area contributed by atoms with E-state index in [9.17, 15) is 31.2 Å². The molecule has 1 fully saturated rings. The number of aryl methyl sites for hydroxylation is 1. The number of carbonyl (C=O) groups is 3. The lowest BCUT2D eigenvalue weighted by molar-refractivity contribution is -0.192. The van der Waals surface area contributed by atoms with E-state index in [2.05, 4.69) is 15.4 Å². The topological polar surface area (TPSA) is 142 Å². The van der Waals surface area contributed by atoms with Crippen LogP contribution in [-0.4, -0.2) is 43.5 Å². The Hall–Kier alpha value is -3.61. The fourth-order valence-electron chi connectivity index (χ4n) is 3.38. The van der Waals surface area contributed by atoms with Crippen molar-refractivity contribution in [1.29, 1.82) is 0 Å². The maximum Gasteiger partial charge on any atom is 0.490 e. The van der Waals surface area contributed by atoms with E-state index in [-0.39, 0.29) is 28.4 Å². The molecule has 0 atom stereocenters. The van der Waals surface area contributed by atoms with Crippen LogP contribution in [0.4, 0.5) is 24.5 Å². The summed E-state index contributed by atoms with van der Waals surface area (Å²) in [6.45, 7) is 6.95. The Bertz CT molecular complexity index is 1270. The number of sulfonamides is 1. The Morgan fingerprint density at radius 2 is 1.57 bits per heavy atom. The molecule has 0 unspecified atom stereocenters. The average molecular weight is 544 g/mol. The van der Waals surface area contributed by atoms with Crippen molar-refractivity contribution in [2.24, 2.45) is 0 Å². The molecule has 0 bridgehead atoms. The minimum absolute atomic E-state index is 0.00301. The number of benzene rings is 2. The quantitative estimate of drug-likeness (QED) is 0.417. The average Bonchev–Trinajstić information content (AvgIpc) is 3.56. The van der Waals surface area contributed by atoms with Gasteiger partial charge in [-0.15, -0.1) is 0 Å². The molecule has 202 valence electrons. The highest BCUT2D eigenvalue weighted by Crippen LogP contribution is 2.48. The van der Waals surface area contributed by atoms with Crippen molar-refractivity contribution in [2.45, 2.75) is 63.1 Å². The number of hydrogen-bond acceptors (Lipinski definition) is 5. The van der Waals surface area contributed by atoms with Crippen molar-refractivity contribution in [3.63, 3.8) is 0 Å². The zero-order valence-corrected chi connectivity index (χ0v) is 21.4. The molecule has 0 aromatic heterocycles. The SMILES string of the molecule is CC(=O)Nc1ccc(C)cc1S(=O)(=O)Nc1ccc(C2(C(=O)NC(C)C)CC2)cc1.O=C(O)C(F)(F)F.